The Morgan fingerprint density at radius 3 is 2.03 bits per heavy atom. The number of benzene rings is 5. The molecule has 164 valence electrons. The molecule has 3 heteroatoms. The summed E-state index contributed by atoms with van der Waals surface area (Å²) in [5, 5.41) is 4.51. The van der Waals surface area contributed by atoms with Crippen molar-refractivity contribution >= 4 is 54.9 Å². The van der Waals surface area contributed by atoms with Gasteiger partial charge in [-0.25, -0.2) is 0 Å². The molecule has 0 atom stereocenters. The van der Waals surface area contributed by atoms with Crippen molar-refractivity contribution in [2.45, 2.75) is 0 Å². The van der Waals surface area contributed by atoms with Crippen LogP contribution in [0.15, 0.2) is 124 Å². The standard InChI is InChI=1S/C32H19NO2/c1-4-16-27-25(12-1)32-30(26-13-3-6-18-29(26)35-32)33(27)21-10-7-9-20(19-21)22-14-8-15-24-23-11-2-5-17-28(23)34-31(22)24/h1-19H. The molecule has 0 fully saturated rings. The van der Waals surface area contributed by atoms with Gasteiger partial charge in [0.05, 0.1) is 5.52 Å². The molecule has 0 bridgehead atoms. The lowest BCUT2D eigenvalue weighted by Gasteiger charge is -2.10. The molecule has 8 aromatic rings. The number of furan rings is 2. The largest absolute Gasteiger partial charge is 0.455 e. The van der Waals surface area contributed by atoms with Crippen LogP contribution in [0.25, 0.3) is 71.7 Å². The summed E-state index contributed by atoms with van der Waals surface area (Å²) in [7, 11) is 0. The fourth-order valence-electron chi connectivity index (χ4n) is 5.47. The van der Waals surface area contributed by atoms with E-state index < -0.39 is 0 Å². The third-order valence-electron chi connectivity index (χ3n) is 7.00. The third kappa shape index (κ3) is 2.55. The Morgan fingerprint density at radius 1 is 0.486 bits per heavy atom. The number of para-hydroxylation sites is 4. The molecule has 0 saturated carbocycles. The highest BCUT2D eigenvalue weighted by molar-refractivity contribution is 6.16. The molecule has 3 heterocycles. The maximum absolute atomic E-state index is 6.34. The first-order valence-electron chi connectivity index (χ1n) is 11.8. The van der Waals surface area contributed by atoms with E-state index >= 15 is 0 Å². The average Bonchev–Trinajstić information content (AvgIpc) is 3.57. The van der Waals surface area contributed by atoms with Gasteiger partial charge in [0.25, 0.3) is 0 Å². The molecule has 0 aliphatic rings. The van der Waals surface area contributed by atoms with Gasteiger partial charge >= 0.3 is 0 Å². The Balaban J connectivity index is 1.43. The minimum atomic E-state index is 0.903. The van der Waals surface area contributed by atoms with E-state index in [1.165, 1.54) is 0 Å². The van der Waals surface area contributed by atoms with Crippen molar-refractivity contribution in [2.75, 3.05) is 0 Å². The van der Waals surface area contributed by atoms with Crippen LogP contribution in [-0.4, -0.2) is 4.57 Å². The smallest absolute Gasteiger partial charge is 0.161 e. The molecule has 0 N–H and O–H groups in total. The van der Waals surface area contributed by atoms with Gasteiger partial charge in [-0.2, -0.15) is 0 Å². The molecule has 0 aliphatic carbocycles. The van der Waals surface area contributed by atoms with Gasteiger partial charge < -0.3 is 13.4 Å². The van der Waals surface area contributed by atoms with Crippen molar-refractivity contribution in [3.05, 3.63) is 115 Å². The maximum atomic E-state index is 6.34. The molecule has 0 unspecified atom stereocenters. The van der Waals surface area contributed by atoms with Crippen LogP contribution in [0.2, 0.25) is 0 Å². The summed E-state index contributed by atoms with van der Waals surface area (Å²) >= 11 is 0. The molecular weight excluding hydrogens is 430 g/mol. The molecule has 8 rings (SSSR count). The Labute approximate surface area is 200 Å². The third-order valence-corrected chi connectivity index (χ3v) is 7.00. The van der Waals surface area contributed by atoms with Crippen LogP contribution in [0.4, 0.5) is 0 Å². The Hall–Kier alpha value is -4.76. The zero-order valence-corrected chi connectivity index (χ0v) is 18.7. The van der Waals surface area contributed by atoms with Crippen LogP contribution < -0.4 is 0 Å². The lowest BCUT2D eigenvalue weighted by molar-refractivity contribution is 0.670. The molecule has 3 aromatic heterocycles. The van der Waals surface area contributed by atoms with Gasteiger partial charge in [0.2, 0.25) is 0 Å². The van der Waals surface area contributed by atoms with E-state index in [-0.39, 0.29) is 0 Å². The van der Waals surface area contributed by atoms with Crippen LogP contribution in [-0.2, 0) is 0 Å². The van der Waals surface area contributed by atoms with E-state index in [0.29, 0.717) is 0 Å². The first kappa shape index (κ1) is 18.6. The summed E-state index contributed by atoms with van der Waals surface area (Å²) in [6.45, 7) is 0. The fraction of sp³-hybridized carbons (Fsp3) is 0. The summed E-state index contributed by atoms with van der Waals surface area (Å²) < 4.78 is 15.0. The van der Waals surface area contributed by atoms with Gasteiger partial charge in [0, 0.05) is 32.8 Å². The number of hydrogen-bond acceptors (Lipinski definition) is 2. The molecule has 3 nitrogen and oxygen atoms in total. The summed E-state index contributed by atoms with van der Waals surface area (Å²) in [5.74, 6) is 0. The minimum absolute atomic E-state index is 0.903. The van der Waals surface area contributed by atoms with Crippen molar-refractivity contribution in [2.24, 2.45) is 0 Å². The minimum Gasteiger partial charge on any atom is -0.455 e. The first-order chi connectivity index (χ1) is 17.4. The molecular formula is C32H19NO2. The molecule has 0 amide bonds. The average molecular weight is 450 g/mol. The molecule has 0 radical (unpaired) electrons. The predicted molar refractivity (Wildman–Crippen MR) is 143 cm³/mol. The van der Waals surface area contributed by atoms with Crippen molar-refractivity contribution < 1.29 is 8.83 Å². The number of fused-ring (bicyclic) bond motifs is 8. The van der Waals surface area contributed by atoms with Crippen LogP contribution in [0.5, 0.6) is 0 Å². The van der Waals surface area contributed by atoms with Crippen LogP contribution in [0.1, 0.15) is 0 Å². The zero-order valence-electron chi connectivity index (χ0n) is 18.7. The normalized spacial score (nSPS) is 12.0. The Kier molecular flexibility index (Phi) is 3.66. The van der Waals surface area contributed by atoms with Gasteiger partial charge in [-0.05, 0) is 48.0 Å². The SMILES string of the molecule is c1cc(-c2cccc3c2oc2ccccc23)cc(-n2c3ccccc3c3oc4ccccc4c32)c1. The lowest BCUT2D eigenvalue weighted by Crippen LogP contribution is -1.94. The summed E-state index contributed by atoms with van der Waals surface area (Å²) in [4.78, 5) is 0. The predicted octanol–water partition coefficient (Wildman–Crippen LogP) is 9.10. The summed E-state index contributed by atoms with van der Waals surface area (Å²) in [6.07, 6.45) is 0. The summed E-state index contributed by atoms with van der Waals surface area (Å²) in [6, 6.07) is 40.0. The van der Waals surface area contributed by atoms with Gasteiger partial charge in [-0.3, -0.25) is 0 Å². The van der Waals surface area contributed by atoms with E-state index in [2.05, 4.69) is 95.6 Å². The van der Waals surface area contributed by atoms with E-state index in [9.17, 15) is 0 Å². The van der Waals surface area contributed by atoms with E-state index in [4.69, 9.17) is 8.83 Å². The molecule has 0 spiro atoms. The first-order valence-corrected chi connectivity index (χ1v) is 11.8. The second-order valence-corrected chi connectivity index (χ2v) is 8.96. The Bertz CT molecular complexity index is 2060. The van der Waals surface area contributed by atoms with Crippen LogP contribution in [0, 0.1) is 0 Å². The summed E-state index contributed by atoms with van der Waals surface area (Å²) in [5.41, 5.74) is 9.18. The quantitative estimate of drug-likeness (QED) is 0.263. The second kappa shape index (κ2) is 6.87. The topological polar surface area (TPSA) is 31.2 Å². The molecule has 0 aliphatic heterocycles. The second-order valence-electron chi connectivity index (χ2n) is 8.96. The lowest BCUT2D eigenvalue weighted by atomic mass is 10.0. The number of rotatable bonds is 2. The maximum Gasteiger partial charge on any atom is 0.161 e. The van der Waals surface area contributed by atoms with Gasteiger partial charge in [-0.1, -0.05) is 72.8 Å². The van der Waals surface area contributed by atoms with Gasteiger partial charge in [0.15, 0.2) is 5.58 Å². The highest BCUT2D eigenvalue weighted by Gasteiger charge is 2.19. The molecule has 35 heavy (non-hydrogen) atoms. The van der Waals surface area contributed by atoms with E-state index in [0.717, 1.165) is 71.7 Å². The monoisotopic (exact) mass is 449 g/mol. The number of aromatic nitrogens is 1. The van der Waals surface area contributed by atoms with E-state index in [1.54, 1.807) is 0 Å². The van der Waals surface area contributed by atoms with Crippen molar-refractivity contribution in [3.8, 4) is 16.8 Å². The van der Waals surface area contributed by atoms with Crippen molar-refractivity contribution in [1.82, 2.24) is 4.57 Å². The Morgan fingerprint density at radius 2 is 1.14 bits per heavy atom. The van der Waals surface area contributed by atoms with Crippen molar-refractivity contribution in [3.63, 3.8) is 0 Å². The fourth-order valence-corrected chi connectivity index (χ4v) is 5.47. The zero-order chi connectivity index (χ0) is 22.9. The van der Waals surface area contributed by atoms with Crippen LogP contribution in [0.3, 0.4) is 0 Å². The highest BCUT2D eigenvalue weighted by Crippen LogP contribution is 2.40. The van der Waals surface area contributed by atoms with Gasteiger partial charge in [-0.15, -0.1) is 0 Å². The highest BCUT2D eigenvalue weighted by atomic mass is 16.3. The van der Waals surface area contributed by atoms with Gasteiger partial charge in [0.1, 0.15) is 22.3 Å². The molecule has 5 aromatic carbocycles. The van der Waals surface area contributed by atoms with E-state index in [1.807, 2.05) is 24.3 Å². The number of nitrogens with zero attached hydrogens (tertiary/aromatic N) is 1. The van der Waals surface area contributed by atoms with Crippen LogP contribution >= 0.6 is 0 Å². The molecule has 0 saturated heterocycles. The van der Waals surface area contributed by atoms with Crippen molar-refractivity contribution in [1.29, 1.82) is 0 Å². The number of hydrogen-bond donors (Lipinski definition) is 0.